The van der Waals surface area contributed by atoms with Gasteiger partial charge in [-0.25, -0.2) is 0 Å². The van der Waals surface area contributed by atoms with E-state index in [1.54, 1.807) is 18.5 Å². The summed E-state index contributed by atoms with van der Waals surface area (Å²) in [6, 6.07) is 15.1. The number of hydrogen-bond donors (Lipinski definition) is 1. The van der Waals surface area contributed by atoms with E-state index in [1.165, 1.54) is 0 Å². The van der Waals surface area contributed by atoms with Crippen LogP contribution < -0.4 is 10.2 Å². The highest BCUT2D eigenvalue weighted by atomic mass is 35.5. The normalized spacial score (nSPS) is 16.6. The summed E-state index contributed by atoms with van der Waals surface area (Å²) in [4.78, 5) is 18.8. The molecule has 0 saturated carbocycles. The second-order valence-electron chi connectivity index (χ2n) is 6.80. The first-order valence-electron chi connectivity index (χ1n) is 9.24. The van der Waals surface area contributed by atoms with Crippen molar-refractivity contribution in [3.05, 3.63) is 65.9 Å². The number of nitrogens with one attached hydrogen (secondary N) is 1. The van der Waals surface area contributed by atoms with E-state index in [9.17, 15) is 4.79 Å². The number of nitrogens with zero attached hydrogens (tertiary/aromatic N) is 4. The number of benzene rings is 1. The van der Waals surface area contributed by atoms with Crippen molar-refractivity contribution in [3.63, 3.8) is 0 Å². The minimum absolute atomic E-state index is 0.0171. The Hall–Kier alpha value is -2.99. The van der Waals surface area contributed by atoms with Gasteiger partial charge in [-0.3, -0.25) is 9.78 Å². The first-order valence-corrected chi connectivity index (χ1v) is 9.62. The summed E-state index contributed by atoms with van der Waals surface area (Å²) < 4.78 is 0. The molecule has 142 valence electrons. The average Bonchev–Trinajstić information content (AvgIpc) is 2.75. The molecule has 0 aliphatic carbocycles. The summed E-state index contributed by atoms with van der Waals surface area (Å²) >= 11 is 5.94. The van der Waals surface area contributed by atoms with Gasteiger partial charge in [0.1, 0.15) is 0 Å². The second-order valence-corrected chi connectivity index (χ2v) is 7.24. The van der Waals surface area contributed by atoms with Gasteiger partial charge in [0.2, 0.25) is 5.91 Å². The zero-order valence-electron chi connectivity index (χ0n) is 15.3. The molecule has 1 amide bonds. The Morgan fingerprint density at radius 1 is 1.11 bits per heavy atom. The first kappa shape index (κ1) is 18.4. The van der Waals surface area contributed by atoms with E-state index in [1.807, 2.05) is 42.5 Å². The molecule has 1 saturated heterocycles. The molecule has 1 N–H and O–H groups in total. The summed E-state index contributed by atoms with van der Waals surface area (Å²) in [6.07, 6.45) is 5.13. The third-order valence-electron chi connectivity index (χ3n) is 4.84. The largest absolute Gasteiger partial charge is 0.354 e. The van der Waals surface area contributed by atoms with Gasteiger partial charge in [-0.05, 0) is 49.2 Å². The number of aromatic nitrogens is 3. The van der Waals surface area contributed by atoms with Crippen molar-refractivity contribution in [3.8, 4) is 11.3 Å². The zero-order valence-corrected chi connectivity index (χ0v) is 16.0. The zero-order chi connectivity index (χ0) is 19.3. The number of halogens is 1. The van der Waals surface area contributed by atoms with Crippen LogP contribution in [0.15, 0.2) is 60.9 Å². The van der Waals surface area contributed by atoms with E-state index in [0.717, 1.165) is 42.1 Å². The van der Waals surface area contributed by atoms with E-state index in [2.05, 4.69) is 25.4 Å². The van der Waals surface area contributed by atoms with Crippen molar-refractivity contribution < 1.29 is 4.79 Å². The molecule has 6 nitrogen and oxygen atoms in total. The van der Waals surface area contributed by atoms with Crippen molar-refractivity contribution in [1.29, 1.82) is 0 Å². The quantitative estimate of drug-likeness (QED) is 0.724. The molecule has 1 fully saturated rings. The Balaban J connectivity index is 1.42. The highest BCUT2D eigenvalue weighted by Crippen LogP contribution is 2.25. The van der Waals surface area contributed by atoms with E-state index in [0.29, 0.717) is 11.6 Å². The van der Waals surface area contributed by atoms with Gasteiger partial charge in [0, 0.05) is 29.9 Å². The van der Waals surface area contributed by atoms with Crippen LogP contribution in [0.1, 0.15) is 12.8 Å². The third-order valence-corrected chi connectivity index (χ3v) is 5.09. The molecule has 28 heavy (non-hydrogen) atoms. The minimum atomic E-state index is -0.0910. The lowest BCUT2D eigenvalue weighted by atomic mass is 9.97. The predicted octanol–water partition coefficient (Wildman–Crippen LogP) is 4.05. The fourth-order valence-corrected chi connectivity index (χ4v) is 3.47. The standard InChI is InChI=1S/C21H20ClN5O/c22-17-7-5-15(6-8-17)19-9-10-20(26-25-19)27-12-2-3-16(14-27)21(28)24-18-4-1-11-23-13-18/h1,4-11,13,16H,2-3,12,14H2,(H,24,28)/t16-/m1/s1. The van der Waals surface area contributed by atoms with Gasteiger partial charge in [-0.15, -0.1) is 10.2 Å². The van der Waals surface area contributed by atoms with Crippen LogP contribution in [-0.4, -0.2) is 34.2 Å². The summed E-state index contributed by atoms with van der Waals surface area (Å²) in [7, 11) is 0. The van der Waals surface area contributed by atoms with Crippen LogP contribution in [0.5, 0.6) is 0 Å². The lowest BCUT2D eigenvalue weighted by Crippen LogP contribution is -2.41. The van der Waals surface area contributed by atoms with Crippen molar-refractivity contribution in [1.82, 2.24) is 15.2 Å². The molecule has 2 aromatic heterocycles. The molecule has 1 aromatic carbocycles. The minimum Gasteiger partial charge on any atom is -0.354 e. The maximum absolute atomic E-state index is 12.6. The summed E-state index contributed by atoms with van der Waals surface area (Å²) in [5, 5.41) is 12.4. The van der Waals surface area contributed by atoms with Crippen LogP contribution >= 0.6 is 11.6 Å². The number of pyridine rings is 1. The highest BCUT2D eigenvalue weighted by Gasteiger charge is 2.26. The molecule has 3 aromatic rings. The predicted molar refractivity (Wildman–Crippen MR) is 110 cm³/mol. The van der Waals surface area contributed by atoms with Crippen LogP contribution in [0.4, 0.5) is 11.5 Å². The van der Waals surface area contributed by atoms with E-state index < -0.39 is 0 Å². The van der Waals surface area contributed by atoms with E-state index in [4.69, 9.17) is 11.6 Å². The van der Waals surface area contributed by atoms with Crippen molar-refractivity contribution in [2.75, 3.05) is 23.3 Å². The van der Waals surface area contributed by atoms with Gasteiger partial charge in [0.25, 0.3) is 0 Å². The Labute approximate surface area is 168 Å². The van der Waals surface area contributed by atoms with Crippen LogP contribution in [0.3, 0.4) is 0 Å². The SMILES string of the molecule is O=C(Nc1cccnc1)[C@@H]1CCCN(c2ccc(-c3ccc(Cl)cc3)nn2)C1. The van der Waals surface area contributed by atoms with E-state index in [-0.39, 0.29) is 11.8 Å². The van der Waals surface area contributed by atoms with Gasteiger partial charge < -0.3 is 10.2 Å². The van der Waals surface area contributed by atoms with Crippen molar-refractivity contribution in [2.24, 2.45) is 5.92 Å². The first-order chi connectivity index (χ1) is 13.7. The summed E-state index contributed by atoms with van der Waals surface area (Å²) in [5.41, 5.74) is 2.48. The molecule has 1 aliphatic rings. The number of anilines is 2. The summed E-state index contributed by atoms with van der Waals surface area (Å²) in [6.45, 7) is 1.49. The van der Waals surface area contributed by atoms with E-state index >= 15 is 0 Å². The van der Waals surface area contributed by atoms with Gasteiger partial charge in [0.05, 0.1) is 23.5 Å². The molecule has 4 rings (SSSR count). The Kier molecular flexibility index (Phi) is 5.48. The van der Waals surface area contributed by atoms with Gasteiger partial charge >= 0.3 is 0 Å². The lowest BCUT2D eigenvalue weighted by Gasteiger charge is -2.32. The van der Waals surface area contributed by atoms with Crippen LogP contribution in [0, 0.1) is 5.92 Å². The molecule has 1 aliphatic heterocycles. The maximum Gasteiger partial charge on any atom is 0.229 e. The number of carbonyl (C=O) groups is 1. The van der Waals surface area contributed by atoms with Crippen molar-refractivity contribution >= 4 is 29.0 Å². The Bertz CT molecular complexity index is 931. The highest BCUT2D eigenvalue weighted by molar-refractivity contribution is 6.30. The third kappa shape index (κ3) is 4.28. The molecule has 7 heteroatoms. The number of carbonyl (C=O) groups excluding carboxylic acids is 1. The number of piperidine rings is 1. The smallest absolute Gasteiger partial charge is 0.229 e. The molecular weight excluding hydrogens is 374 g/mol. The number of rotatable bonds is 4. The molecule has 0 unspecified atom stereocenters. The molecule has 0 radical (unpaired) electrons. The molecule has 1 atom stereocenters. The Morgan fingerprint density at radius 3 is 2.68 bits per heavy atom. The summed E-state index contributed by atoms with van der Waals surface area (Å²) in [5.74, 6) is 0.715. The second kappa shape index (κ2) is 8.35. The van der Waals surface area contributed by atoms with Gasteiger partial charge in [-0.2, -0.15) is 0 Å². The van der Waals surface area contributed by atoms with Gasteiger partial charge in [0.15, 0.2) is 5.82 Å². The molecule has 0 bridgehead atoms. The fourth-order valence-electron chi connectivity index (χ4n) is 3.35. The lowest BCUT2D eigenvalue weighted by molar-refractivity contribution is -0.120. The number of hydrogen-bond acceptors (Lipinski definition) is 5. The molecule has 3 heterocycles. The van der Waals surface area contributed by atoms with Crippen LogP contribution in [0.25, 0.3) is 11.3 Å². The van der Waals surface area contributed by atoms with Crippen molar-refractivity contribution in [2.45, 2.75) is 12.8 Å². The average molecular weight is 394 g/mol. The van der Waals surface area contributed by atoms with Crippen LogP contribution in [0.2, 0.25) is 5.02 Å². The van der Waals surface area contributed by atoms with Gasteiger partial charge in [-0.1, -0.05) is 23.7 Å². The molecular formula is C21H20ClN5O. The number of amides is 1. The Morgan fingerprint density at radius 2 is 1.96 bits per heavy atom. The monoisotopic (exact) mass is 393 g/mol. The topological polar surface area (TPSA) is 71.0 Å². The van der Waals surface area contributed by atoms with Crippen LogP contribution in [-0.2, 0) is 4.79 Å². The maximum atomic E-state index is 12.6. The fraction of sp³-hybridized carbons (Fsp3) is 0.238. The molecule has 0 spiro atoms.